The van der Waals surface area contributed by atoms with Gasteiger partial charge in [0.2, 0.25) is 0 Å². The molecule has 2 rings (SSSR count). The van der Waals surface area contributed by atoms with Gasteiger partial charge in [0.1, 0.15) is 5.60 Å². The fourth-order valence-electron chi connectivity index (χ4n) is 3.15. The van der Waals surface area contributed by atoms with Gasteiger partial charge in [0.05, 0.1) is 6.42 Å². The van der Waals surface area contributed by atoms with Crippen LogP contribution in [0.2, 0.25) is 0 Å². The molecule has 0 aromatic carbocycles. The molecule has 1 aliphatic carbocycles. The van der Waals surface area contributed by atoms with Gasteiger partial charge in [0.15, 0.2) is 5.78 Å². The Bertz CT molecular complexity index is 455. The summed E-state index contributed by atoms with van der Waals surface area (Å²) in [7, 11) is 1.67. The summed E-state index contributed by atoms with van der Waals surface area (Å²) in [5, 5.41) is 0. The van der Waals surface area contributed by atoms with E-state index in [4.69, 9.17) is 4.74 Å². The van der Waals surface area contributed by atoms with Crippen molar-refractivity contribution in [2.75, 3.05) is 7.11 Å². The lowest BCUT2D eigenvalue weighted by Crippen LogP contribution is -2.45. The van der Waals surface area contributed by atoms with Gasteiger partial charge in [0, 0.05) is 19.0 Å². The smallest absolute Gasteiger partial charge is 0.170 e. The fourth-order valence-corrected chi connectivity index (χ4v) is 3.15. The molecule has 3 nitrogen and oxygen atoms in total. The Kier molecular flexibility index (Phi) is 4.92. The number of rotatable bonds is 5. The van der Waals surface area contributed by atoms with Crippen molar-refractivity contribution in [1.82, 2.24) is 4.98 Å². The number of aromatic nitrogens is 1. The Labute approximate surface area is 121 Å². The summed E-state index contributed by atoms with van der Waals surface area (Å²) in [6.07, 6.45) is 7.18. The molecule has 0 aliphatic heterocycles. The average Bonchev–Trinajstić information content (AvgIpc) is 2.47. The monoisotopic (exact) mass is 275 g/mol. The molecule has 0 radical (unpaired) electrons. The predicted molar refractivity (Wildman–Crippen MR) is 79.7 cm³/mol. The zero-order valence-corrected chi connectivity index (χ0v) is 12.8. The van der Waals surface area contributed by atoms with Gasteiger partial charge in [0.25, 0.3) is 0 Å². The lowest BCUT2D eigenvalue weighted by atomic mass is 9.75. The number of hydrogen-bond acceptors (Lipinski definition) is 3. The molecule has 1 aromatic heterocycles. The van der Waals surface area contributed by atoms with Crippen molar-refractivity contribution in [2.45, 2.75) is 58.0 Å². The third-order valence-corrected chi connectivity index (χ3v) is 4.49. The van der Waals surface area contributed by atoms with Crippen LogP contribution in [0.4, 0.5) is 0 Å². The number of ether oxygens (including phenoxy) is 1. The van der Waals surface area contributed by atoms with Crippen molar-refractivity contribution >= 4 is 5.78 Å². The molecule has 3 heteroatoms. The van der Waals surface area contributed by atoms with Crippen molar-refractivity contribution < 1.29 is 9.53 Å². The molecule has 1 aromatic rings. The first-order valence-electron chi connectivity index (χ1n) is 7.62. The van der Waals surface area contributed by atoms with Crippen LogP contribution >= 0.6 is 0 Å². The molecule has 1 heterocycles. The molecule has 2 unspecified atom stereocenters. The van der Waals surface area contributed by atoms with E-state index in [1.165, 1.54) is 12.0 Å². The summed E-state index contributed by atoms with van der Waals surface area (Å²) < 4.78 is 5.65. The zero-order valence-electron chi connectivity index (χ0n) is 12.8. The van der Waals surface area contributed by atoms with Gasteiger partial charge in [-0.1, -0.05) is 26.3 Å². The normalized spacial score (nSPS) is 26.4. The maximum absolute atomic E-state index is 12.7. The van der Waals surface area contributed by atoms with Crippen LogP contribution in [0, 0.1) is 5.92 Å². The molecule has 2 atom stereocenters. The number of pyridine rings is 1. The van der Waals surface area contributed by atoms with E-state index in [9.17, 15) is 4.79 Å². The van der Waals surface area contributed by atoms with E-state index in [0.29, 0.717) is 12.3 Å². The van der Waals surface area contributed by atoms with Crippen LogP contribution in [0.15, 0.2) is 18.3 Å². The number of carbonyl (C=O) groups is 1. The molecule has 110 valence electrons. The Morgan fingerprint density at radius 2 is 2.30 bits per heavy atom. The molecule has 0 amide bonds. The number of nitrogens with zero attached hydrogens (tertiary/aromatic N) is 1. The molecular formula is C17H25NO2. The molecular weight excluding hydrogens is 250 g/mol. The highest BCUT2D eigenvalue weighted by atomic mass is 16.5. The number of methoxy groups -OCH3 is 1. The summed E-state index contributed by atoms with van der Waals surface area (Å²) in [6, 6.07) is 4.02. The molecule has 0 N–H and O–H groups in total. The average molecular weight is 275 g/mol. The minimum Gasteiger partial charge on any atom is -0.370 e. The van der Waals surface area contributed by atoms with Crippen molar-refractivity contribution in [1.29, 1.82) is 0 Å². The number of hydrogen-bond donors (Lipinski definition) is 0. The fraction of sp³-hybridized carbons (Fsp3) is 0.647. The van der Waals surface area contributed by atoms with Crippen LogP contribution in [0.1, 0.15) is 50.8 Å². The summed E-state index contributed by atoms with van der Waals surface area (Å²) >= 11 is 0. The SMILES string of the molecule is CCc1ccc(CC(=O)C2(OC)CCCC(C)C2)nc1. The molecule has 1 fully saturated rings. The largest absolute Gasteiger partial charge is 0.370 e. The van der Waals surface area contributed by atoms with Gasteiger partial charge in [-0.15, -0.1) is 0 Å². The van der Waals surface area contributed by atoms with Crippen LogP contribution in [0.25, 0.3) is 0 Å². The van der Waals surface area contributed by atoms with Gasteiger partial charge in [-0.3, -0.25) is 9.78 Å². The topological polar surface area (TPSA) is 39.2 Å². The van der Waals surface area contributed by atoms with E-state index < -0.39 is 5.60 Å². The zero-order chi connectivity index (χ0) is 14.6. The third kappa shape index (κ3) is 3.26. The Morgan fingerprint density at radius 1 is 1.50 bits per heavy atom. The third-order valence-electron chi connectivity index (χ3n) is 4.49. The predicted octanol–water partition coefficient (Wildman–Crippen LogP) is 3.35. The molecule has 0 bridgehead atoms. The molecule has 1 aliphatic rings. The van der Waals surface area contributed by atoms with Gasteiger partial charge in [-0.2, -0.15) is 0 Å². The second-order valence-electron chi connectivity index (χ2n) is 6.01. The van der Waals surface area contributed by atoms with Gasteiger partial charge in [-0.05, 0) is 43.2 Å². The highest BCUT2D eigenvalue weighted by Gasteiger charge is 2.41. The Hall–Kier alpha value is -1.22. The summed E-state index contributed by atoms with van der Waals surface area (Å²) in [4.78, 5) is 17.0. The number of ketones is 1. The number of carbonyl (C=O) groups excluding carboxylic acids is 1. The standard InChI is InChI=1S/C17H25NO2/c1-4-14-7-8-15(18-12-14)10-16(19)17(20-3)9-5-6-13(2)11-17/h7-8,12-13H,4-6,9-11H2,1-3H3. The van der Waals surface area contributed by atoms with Crippen LogP contribution in [-0.4, -0.2) is 23.5 Å². The van der Waals surface area contributed by atoms with Crippen LogP contribution in [-0.2, 0) is 22.4 Å². The van der Waals surface area contributed by atoms with E-state index in [-0.39, 0.29) is 5.78 Å². The second kappa shape index (κ2) is 6.49. The van der Waals surface area contributed by atoms with Crippen molar-refractivity contribution in [2.24, 2.45) is 5.92 Å². The first-order chi connectivity index (χ1) is 9.59. The van der Waals surface area contributed by atoms with Crippen molar-refractivity contribution in [3.05, 3.63) is 29.6 Å². The minimum absolute atomic E-state index is 0.184. The van der Waals surface area contributed by atoms with Gasteiger partial charge in [-0.25, -0.2) is 0 Å². The first-order valence-corrected chi connectivity index (χ1v) is 7.62. The second-order valence-corrected chi connectivity index (χ2v) is 6.01. The Morgan fingerprint density at radius 3 is 2.85 bits per heavy atom. The molecule has 20 heavy (non-hydrogen) atoms. The van der Waals surface area contributed by atoms with E-state index in [1.807, 2.05) is 12.3 Å². The Balaban J connectivity index is 2.08. The maximum Gasteiger partial charge on any atom is 0.170 e. The molecule has 0 spiro atoms. The number of aryl methyl sites for hydroxylation is 1. The van der Waals surface area contributed by atoms with E-state index in [1.54, 1.807) is 7.11 Å². The lowest BCUT2D eigenvalue weighted by molar-refractivity contribution is -0.146. The summed E-state index contributed by atoms with van der Waals surface area (Å²) in [6.45, 7) is 4.31. The quantitative estimate of drug-likeness (QED) is 0.827. The van der Waals surface area contributed by atoms with Crippen LogP contribution in [0.3, 0.4) is 0 Å². The lowest BCUT2D eigenvalue weighted by Gasteiger charge is -2.37. The van der Waals surface area contributed by atoms with Gasteiger partial charge < -0.3 is 4.74 Å². The molecule has 1 saturated carbocycles. The number of Topliss-reactive ketones (excluding diaryl/α,β-unsaturated/α-hetero) is 1. The van der Waals surface area contributed by atoms with Crippen molar-refractivity contribution in [3.8, 4) is 0 Å². The van der Waals surface area contributed by atoms with Crippen LogP contribution in [0.5, 0.6) is 0 Å². The van der Waals surface area contributed by atoms with E-state index in [0.717, 1.165) is 31.4 Å². The maximum atomic E-state index is 12.7. The minimum atomic E-state index is -0.581. The molecule has 0 saturated heterocycles. The van der Waals surface area contributed by atoms with Crippen molar-refractivity contribution in [3.63, 3.8) is 0 Å². The van der Waals surface area contributed by atoms with Crippen LogP contribution < -0.4 is 0 Å². The summed E-state index contributed by atoms with van der Waals surface area (Å²) in [5.41, 5.74) is 1.47. The van der Waals surface area contributed by atoms with E-state index in [2.05, 4.69) is 24.9 Å². The highest BCUT2D eigenvalue weighted by Crippen LogP contribution is 2.36. The first kappa shape index (κ1) is 15.2. The summed E-state index contributed by atoms with van der Waals surface area (Å²) in [5.74, 6) is 0.742. The van der Waals surface area contributed by atoms with Gasteiger partial charge >= 0.3 is 0 Å². The highest BCUT2D eigenvalue weighted by molar-refractivity contribution is 5.89. The van der Waals surface area contributed by atoms with E-state index >= 15 is 0 Å².